The third-order valence-corrected chi connectivity index (χ3v) is 4.67. The van der Waals surface area contributed by atoms with Crippen molar-refractivity contribution in [1.29, 1.82) is 5.26 Å². The fourth-order valence-corrected chi connectivity index (χ4v) is 3.17. The van der Waals surface area contributed by atoms with Gasteiger partial charge in [0.05, 0.1) is 5.56 Å². The predicted octanol–water partition coefficient (Wildman–Crippen LogP) is 7.00. The molecule has 0 spiro atoms. The minimum absolute atomic E-state index is 0.658. The lowest BCUT2D eigenvalue weighted by Gasteiger charge is -2.08. The second-order valence-electron chi connectivity index (χ2n) is 6.02. The lowest BCUT2D eigenvalue weighted by Crippen LogP contribution is -1.89. The Morgan fingerprint density at radius 2 is 1.65 bits per heavy atom. The summed E-state index contributed by atoms with van der Waals surface area (Å²) in [5.41, 5.74) is 6.55. The Bertz CT molecular complexity index is 1020. The van der Waals surface area contributed by atoms with Crippen LogP contribution >= 0.6 is 11.6 Å². The molecule has 1 nitrogen and oxygen atoms in total. The number of nitrogens with zero attached hydrogens (tertiary/aromatic N) is 1. The molecule has 3 rings (SSSR count). The molecule has 0 atom stereocenters. The molecule has 0 amide bonds. The Hall–Kier alpha value is -3.08. The average molecular weight is 356 g/mol. The van der Waals surface area contributed by atoms with E-state index < -0.39 is 0 Å². The van der Waals surface area contributed by atoms with E-state index in [1.165, 1.54) is 0 Å². The van der Waals surface area contributed by atoms with Crippen molar-refractivity contribution >= 4 is 29.8 Å². The topological polar surface area (TPSA) is 23.8 Å². The summed E-state index contributed by atoms with van der Waals surface area (Å²) in [7, 11) is 0. The van der Waals surface area contributed by atoms with Gasteiger partial charge in [-0.15, -0.1) is 0 Å². The molecule has 0 fully saturated rings. The zero-order chi connectivity index (χ0) is 18.5. The molecule has 0 unspecified atom stereocenters. The van der Waals surface area contributed by atoms with Gasteiger partial charge in [-0.2, -0.15) is 5.26 Å². The van der Waals surface area contributed by atoms with E-state index in [0.717, 1.165) is 33.4 Å². The molecule has 2 heteroatoms. The van der Waals surface area contributed by atoms with Crippen molar-refractivity contribution in [3.63, 3.8) is 0 Å². The van der Waals surface area contributed by atoms with Crippen LogP contribution in [0.2, 0.25) is 5.02 Å². The van der Waals surface area contributed by atoms with Crippen LogP contribution in [-0.4, -0.2) is 0 Å². The van der Waals surface area contributed by atoms with Crippen molar-refractivity contribution in [3.05, 3.63) is 100 Å². The summed E-state index contributed by atoms with van der Waals surface area (Å²) in [5, 5.41) is 10.4. The number of benzene rings is 3. The van der Waals surface area contributed by atoms with E-state index in [9.17, 15) is 5.26 Å². The summed E-state index contributed by atoms with van der Waals surface area (Å²) in [6.45, 7) is 5.83. The summed E-state index contributed by atoms with van der Waals surface area (Å²) in [5.74, 6) is 0. The average Bonchev–Trinajstić information content (AvgIpc) is 2.68. The van der Waals surface area contributed by atoms with Gasteiger partial charge in [-0.05, 0) is 46.9 Å². The van der Waals surface area contributed by atoms with Crippen LogP contribution in [0, 0.1) is 18.3 Å². The molecule has 26 heavy (non-hydrogen) atoms. The van der Waals surface area contributed by atoms with Crippen LogP contribution in [0.25, 0.3) is 29.4 Å². The zero-order valence-corrected chi connectivity index (χ0v) is 15.3. The maximum Gasteiger partial charge on any atom is 0.100 e. The van der Waals surface area contributed by atoms with Gasteiger partial charge in [0.2, 0.25) is 0 Å². The molecular formula is C24H18ClN. The maximum absolute atomic E-state index is 9.70. The molecule has 0 aliphatic heterocycles. The second-order valence-corrected chi connectivity index (χ2v) is 6.42. The molecule has 3 aromatic carbocycles. The van der Waals surface area contributed by atoms with Crippen LogP contribution < -0.4 is 0 Å². The van der Waals surface area contributed by atoms with Crippen molar-refractivity contribution in [2.24, 2.45) is 0 Å². The summed E-state index contributed by atoms with van der Waals surface area (Å²) in [6, 6.07) is 22.1. The van der Waals surface area contributed by atoms with E-state index in [4.69, 9.17) is 11.6 Å². The lowest BCUT2D eigenvalue weighted by molar-refractivity contribution is 1.43. The van der Waals surface area contributed by atoms with Crippen molar-refractivity contribution in [3.8, 4) is 17.2 Å². The number of halogens is 1. The monoisotopic (exact) mass is 355 g/mol. The van der Waals surface area contributed by atoms with E-state index in [-0.39, 0.29) is 0 Å². The fourth-order valence-electron chi connectivity index (χ4n) is 2.94. The third kappa shape index (κ3) is 3.61. The maximum atomic E-state index is 9.70. The van der Waals surface area contributed by atoms with Crippen LogP contribution in [-0.2, 0) is 0 Å². The van der Waals surface area contributed by atoms with Crippen molar-refractivity contribution in [2.45, 2.75) is 6.92 Å². The number of aryl methyl sites for hydroxylation is 1. The van der Waals surface area contributed by atoms with Gasteiger partial charge < -0.3 is 0 Å². The third-order valence-electron chi connectivity index (χ3n) is 4.34. The Kier molecular flexibility index (Phi) is 5.37. The molecule has 0 radical (unpaired) electrons. The first-order valence-corrected chi connectivity index (χ1v) is 8.71. The van der Waals surface area contributed by atoms with E-state index in [2.05, 4.69) is 12.6 Å². The molecule has 3 aromatic rings. The van der Waals surface area contributed by atoms with Gasteiger partial charge in [0.1, 0.15) is 6.07 Å². The SMILES string of the molecule is C=Cc1cc(Cl)c(/C=C/c2cccc(-c3ccccc3)c2C#N)cc1C. The van der Waals surface area contributed by atoms with Gasteiger partial charge in [-0.1, -0.05) is 84.9 Å². The zero-order valence-electron chi connectivity index (χ0n) is 14.5. The molecule has 126 valence electrons. The highest BCUT2D eigenvalue weighted by Crippen LogP contribution is 2.28. The van der Waals surface area contributed by atoms with Gasteiger partial charge in [0.25, 0.3) is 0 Å². The highest BCUT2D eigenvalue weighted by molar-refractivity contribution is 6.32. The number of hydrogen-bond donors (Lipinski definition) is 0. The molecule has 0 aliphatic carbocycles. The summed E-state index contributed by atoms with van der Waals surface area (Å²) in [6.07, 6.45) is 5.69. The predicted molar refractivity (Wildman–Crippen MR) is 112 cm³/mol. The van der Waals surface area contributed by atoms with E-state index >= 15 is 0 Å². The summed E-state index contributed by atoms with van der Waals surface area (Å²) >= 11 is 6.38. The molecule has 0 aromatic heterocycles. The van der Waals surface area contributed by atoms with Crippen LogP contribution in [0.3, 0.4) is 0 Å². The Labute approximate surface area is 159 Å². The Balaban J connectivity index is 2.04. The normalized spacial score (nSPS) is 10.7. The minimum Gasteiger partial charge on any atom is -0.192 e. The largest absolute Gasteiger partial charge is 0.192 e. The van der Waals surface area contributed by atoms with Gasteiger partial charge in [0.15, 0.2) is 0 Å². The number of hydrogen-bond acceptors (Lipinski definition) is 1. The molecule has 0 saturated carbocycles. The lowest BCUT2D eigenvalue weighted by atomic mass is 9.95. The Morgan fingerprint density at radius 3 is 2.35 bits per heavy atom. The quantitative estimate of drug-likeness (QED) is 0.462. The van der Waals surface area contributed by atoms with E-state index in [1.807, 2.05) is 79.7 Å². The number of rotatable bonds is 4. The van der Waals surface area contributed by atoms with Gasteiger partial charge in [-0.25, -0.2) is 0 Å². The first-order valence-electron chi connectivity index (χ1n) is 8.33. The highest BCUT2D eigenvalue weighted by atomic mass is 35.5. The smallest absolute Gasteiger partial charge is 0.100 e. The van der Waals surface area contributed by atoms with Crippen molar-refractivity contribution in [2.75, 3.05) is 0 Å². The number of nitriles is 1. The van der Waals surface area contributed by atoms with Crippen LogP contribution in [0.4, 0.5) is 0 Å². The van der Waals surface area contributed by atoms with Crippen molar-refractivity contribution < 1.29 is 0 Å². The van der Waals surface area contributed by atoms with Crippen molar-refractivity contribution in [1.82, 2.24) is 0 Å². The molecule has 0 saturated heterocycles. The fraction of sp³-hybridized carbons (Fsp3) is 0.0417. The first-order chi connectivity index (χ1) is 12.6. The summed E-state index contributed by atoms with van der Waals surface area (Å²) in [4.78, 5) is 0. The first kappa shape index (κ1) is 17.7. The van der Waals surface area contributed by atoms with Gasteiger partial charge >= 0.3 is 0 Å². The van der Waals surface area contributed by atoms with Gasteiger partial charge in [-0.3, -0.25) is 0 Å². The molecule has 0 heterocycles. The summed E-state index contributed by atoms with van der Waals surface area (Å²) < 4.78 is 0. The Morgan fingerprint density at radius 1 is 0.923 bits per heavy atom. The van der Waals surface area contributed by atoms with Crippen LogP contribution in [0.1, 0.15) is 27.8 Å². The van der Waals surface area contributed by atoms with Gasteiger partial charge in [0, 0.05) is 10.6 Å². The highest BCUT2D eigenvalue weighted by Gasteiger charge is 2.08. The second kappa shape index (κ2) is 7.87. The molecule has 0 N–H and O–H groups in total. The minimum atomic E-state index is 0.658. The van der Waals surface area contributed by atoms with E-state index in [0.29, 0.717) is 10.6 Å². The van der Waals surface area contributed by atoms with Crippen LogP contribution in [0.5, 0.6) is 0 Å². The van der Waals surface area contributed by atoms with Crippen LogP contribution in [0.15, 0.2) is 67.2 Å². The molecule has 0 bridgehead atoms. The van der Waals surface area contributed by atoms with E-state index in [1.54, 1.807) is 6.08 Å². The molecule has 0 aliphatic rings. The molecular weight excluding hydrogens is 338 g/mol. The standard InChI is InChI=1S/C24H18ClN/c1-3-18-15-24(25)21(14-17(18)2)13-12-20-10-7-11-22(23(20)16-26)19-8-5-4-6-9-19/h3-15H,1H2,2H3/b13-12+.